The van der Waals surface area contributed by atoms with E-state index in [0.29, 0.717) is 17.7 Å². The molecule has 0 aliphatic rings. The summed E-state index contributed by atoms with van der Waals surface area (Å²) in [5, 5.41) is 2.66. The molecule has 0 aliphatic carbocycles. The van der Waals surface area contributed by atoms with E-state index in [1.165, 1.54) is 0 Å². The van der Waals surface area contributed by atoms with Crippen molar-refractivity contribution in [1.82, 2.24) is 0 Å². The van der Waals surface area contributed by atoms with Gasteiger partial charge in [0.15, 0.2) is 12.0 Å². The molecule has 0 radical (unpaired) electrons. The van der Waals surface area contributed by atoms with Crippen molar-refractivity contribution in [1.29, 1.82) is 0 Å². The number of ether oxygens (including phenoxy) is 1. The van der Waals surface area contributed by atoms with Gasteiger partial charge >= 0.3 is 6.09 Å². The summed E-state index contributed by atoms with van der Waals surface area (Å²) in [4.78, 5) is 22.4. The highest BCUT2D eigenvalue weighted by molar-refractivity contribution is 5.85. The van der Waals surface area contributed by atoms with Crippen LogP contribution in [0.25, 0.3) is 11.3 Å². The molecule has 1 amide bonds. The fraction of sp³-hybridized carbons (Fsp3) is 0.0526. The molecule has 0 atom stereocenters. The van der Waals surface area contributed by atoms with Crippen LogP contribution in [-0.4, -0.2) is 12.4 Å². The van der Waals surface area contributed by atoms with Gasteiger partial charge in [0, 0.05) is 11.3 Å². The fourth-order valence-electron chi connectivity index (χ4n) is 2.17. The monoisotopic (exact) mass is 321 g/mol. The second-order valence-electron chi connectivity index (χ2n) is 5.08. The lowest BCUT2D eigenvalue weighted by Gasteiger charge is -2.07. The quantitative estimate of drug-likeness (QED) is 0.702. The van der Waals surface area contributed by atoms with Crippen LogP contribution in [0, 0.1) is 0 Å². The van der Waals surface area contributed by atoms with Gasteiger partial charge in [-0.05, 0) is 42.0 Å². The maximum absolute atomic E-state index is 11.8. The molecule has 1 aromatic heterocycles. The number of nitrogens with one attached hydrogen (secondary N) is 1. The molecule has 0 spiro atoms. The zero-order chi connectivity index (χ0) is 16.8. The van der Waals surface area contributed by atoms with Crippen LogP contribution in [0.3, 0.4) is 0 Å². The molecule has 24 heavy (non-hydrogen) atoms. The van der Waals surface area contributed by atoms with Gasteiger partial charge in [-0.2, -0.15) is 0 Å². The third kappa shape index (κ3) is 3.89. The molecule has 1 N–H and O–H groups in total. The largest absolute Gasteiger partial charge is 0.453 e. The second-order valence-corrected chi connectivity index (χ2v) is 5.08. The van der Waals surface area contributed by atoms with Crippen LogP contribution < -0.4 is 5.32 Å². The molecule has 0 unspecified atom stereocenters. The van der Waals surface area contributed by atoms with Crippen LogP contribution in [0.5, 0.6) is 0 Å². The Morgan fingerprint density at radius 3 is 2.42 bits per heavy atom. The molecule has 5 heteroatoms. The van der Waals surface area contributed by atoms with Crippen LogP contribution in [0.4, 0.5) is 10.5 Å². The van der Waals surface area contributed by atoms with Gasteiger partial charge in [0.1, 0.15) is 12.4 Å². The predicted octanol–water partition coefficient (Wildman–Crippen LogP) is 4.51. The number of aldehydes is 1. The average Bonchev–Trinajstić information content (AvgIpc) is 3.11. The summed E-state index contributed by atoms with van der Waals surface area (Å²) in [7, 11) is 0. The molecule has 1 heterocycles. The minimum absolute atomic E-state index is 0.214. The fourth-order valence-corrected chi connectivity index (χ4v) is 2.17. The molecule has 120 valence electrons. The maximum atomic E-state index is 11.8. The summed E-state index contributed by atoms with van der Waals surface area (Å²) in [5.41, 5.74) is 2.34. The van der Waals surface area contributed by atoms with E-state index < -0.39 is 6.09 Å². The number of amides is 1. The van der Waals surface area contributed by atoms with Gasteiger partial charge in [-0.3, -0.25) is 10.1 Å². The van der Waals surface area contributed by atoms with Crippen LogP contribution in [0.1, 0.15) is 16.1 Å². The van der Waals surface area contributed by atoms with E-state index in [1.807, 2.05) is 30.3 Å². The van der Waals surface area contributed by atoms with E-state index in [4.69, 9.17) is 9.15 Å². The van der Waals surface area contributed by atoms with Crippen molar-refractivity contribution in [2.24, 2.45) is 0 Å². The lowest BCUT2D eigenvalue weighted by Crippen LogP contribution is -2.13. The summed E-state index contributed by atoms with van der Waals surface area (Å²) in [6, 6.07) is 19.8. The van der Waals surface area contributed by atoms with Crippen molar-refractivity contribution in [3.8, 4) is 11.3 Å². The van der Waals surface area contributed by atoms with Gasteiger partial charge < -0.3 is 9.15 Å². The Kier molecular flexibility index (Phi) is 4.72. The Labute approximate surface area is 138 Å². The Balaban J connectivity index is 1.57. The molecule has 0 fully saturated rings. The number of hydrogen-bond acceptors (Lipinski definition) is 4. The number of rotatable bonds is 5. The summed E-state index contributed by atoms with van der Waals surface area (Å²) >= 11 is 0. The molecular weight excluding hydrogens is 306 g/mol. The van der Waals surface area contributed by atoms with E-state index in [9.17, 15) is 9.59 Å². The molecule has 3 aromatic rings. The molecule has 0 saturated carbocycles. The van der Waals surface area contributed by atoms with Gasteiger partial charge in [-0.15, -0.1) is 0 Å². The number of carbonyl (C=O) groups is 2. The van der Waals surface area contributed by atoms with E-state index in [-0.39, 0.29) is 12.4 Å². The standard InChI is InChI=1S/C19H15NO4/c21-12-17-10-11-18(24-17)15-6-8-16(9-7-15)20-19(22)23-13-14-4-2-1-3-5-14/h1-12H,13H2,(H,20,22). The number of anilines is 1. The van der Waals surface area contributed by atoms with Crippen molar-refractivity contribution in [3.05, 3.63) is 78.1 Å². The van der Waals surface area contributed by atoms with Gasteiger partial charge in [0.2, 0.25) is 0 Å². The van der Waals surface area contributed by atoms with Crippen molar-refractivity contribution < 1.29 is 18.7 Å². The second kappa shape index (κ2) is 7.28. The SMILES string of the molecule is O=Cc1ccc(-c2ccc(NC(=O)OCc3ccccc3)cc2)o1. The van der Waals surface area contributed by atoms with Gasteiger partial charge in [-0.1, -0.05) is 30.3 Å². The van der Waals surface area contributed by atoms with E-state index in [2.05, 4.69) is 5.32 Å². The lowest BCUT2D eigenvalue weighted by molar-refractivity contribution is 0.110. The molecular formula is C19H15NO4. The Morgan fingerprint density at radius 2 is 1.75 bits per heavy atom. The third-order valence-corrected chi connectivity index (χ3v) is 3.37. The van der Waals surface area contributed by atoms with Crippen LogP contribution in [-0.2, 0) is 11.3 Å². The smallest absolute Gasteiger partial charge is 0.411 e. The first kappa shape index (κ1) is 15.6. The first-order chi connectivity index (χ1) is 11.7. The average molecular weight is 321 g/mol. The summed E-state index contributed by atoms with van der Waals surface area (Å²) in [6.07, 6.45) is 0.134. The summed E-state index contributed by atoms with van der Waals surface area (Å²) in [5.74, 6) is 0.868. The molecule has 0 aliphatic heterocycles. The highest BCUT2D eigenvalue weighted by Gasteiger charge is 2.06. The van der Waals surface area contributed by atoms with Crippen molar-refractivity contribution >= 4 is 18.1 Å². The molecule has 3 rings (SSSR count). The number of hydrogen-bond donors (Lipinski definition) is 1. The van der Waals surface area contributed by atoms with Gasteiger partial charge in [0.05, 0.1) is 0 Å². The third-order valence-electron chi connectivity index (χ3n) is 3.37. The van der Waals surface area contributed by atoms with E-state index >= 15 is 0 Å². The van der Waals surface area contributed by atoms with Gasteiger partial charge in [0.25, 0.3) is 0 Å². The van der Waals surface area contributed by atoms with Crippen LogP contribution in [0.15, 0.2) is 71.1 Å². The normalized spacial score (nSPS) is 10.2. The molecule has 5 nitrogen and oxygen atoms in total. The molecule has 2 aromatic carbocycles. The zero-order valence-corrected chi connectivity index (χ0v) is 12.8. The van der Waals surface area contributed by atoms with Crippen LogP contribution in [0.2, 0.25) is 0 Å². The number of furan rings is 1. The topological polar surface area (TPSA) is 68.5 Å². The zero-order valence-electron chi connectivity index (χ0n) is 12.8. The maximum Gasteiger partial charge on any atom is 0.411 e. The van der Waals surface area contributed by atoms with E-state index in [0.717, 1.165) is 11.1 Å². The number of carbonyl (C=O) groups excluding carboxylic acids is 2. The Hall–Kier alpha value is -3.34. The molecule has 0 bridgehead atoms. The molecule has 0 saturated heterocycles. The first-order valence-corrected chi connectivity index (χ1v) is 7.38. The first-order valence-electron chi connectivity index (χ1n) is 7.38. The van der Waals surface area contributed by atoms with Crippen molar-refractivity contribution in [2.45, 2.75) is 6.61 Å². The van der Waals surface area contributed by atoms with Gasteiger partial charge in [-0.25, -0.2) is 4.79 Å². The van der Waals surface area contributed by atoms with E-state index in [1.54, 1.807) is 36.4 Å². The minimum Gasteiger partial charge on any atom is -0.453 e. The highest BCUT2D eigenvalue weighted by atomic mass is 16.5. The number of benzene rings is 2. The summed E-state index contributed by atoms with van der Waals surface area (Å²) in [6.45, 7) is 0.214. The van der Waals surface area contributed by atoms with Crippen molar-refractivity contribution in [2.75, 3.05) is 5.32 Å². The lowest BCUT2D eigenvalue weighted by atomic mass is 10.1. The Morgan fingerprint density at radius 1 is 1.00 bits per heavy atom. The Bertz CT molecular complexity index is 822. The summed E-state index contributed by atoms with van der Waals surface area (Å²) < 4.78 is 10.5. The minimum atomic E-state index is -0.521. The predicted molar refractivity (Wildman–Crippen MR) is 89.8 cm³/mol. The van der Waals surface area contributed by atoms with Crippen molar-refractivity contribution in [3.63, 3.8) is 0 Å². The highest BCUT2D eigenvalue weighted by Crippen LogP contribution is 2.23. The van der Waals surface area contributed by atoms with Crippen LogP contribution >= 0.6 is 0 Å².